The molecule has 0 amide bonds. The second-order valence-electron chi connectivity index (χ2n) is 6.25. The normalized spacial score (nSPS) is 18.5. The van der Waals surface area contributed by atoms with Gasteiger partial charge in [-0.05, 0) is 43.7 Å². The molecule has 1 aliphatic heterocycles. The molecule has 0 saturated carbocycles. The molecule has 7 nitrogen and oxygen atoms in total. The summed E-state index contributed by atoms with van der Waals surface area (Å²) < 4.78 is 20.7. The molecule has 0 N–H and O–H groups in total. The van der Waals surface area contributed by atoms with Crippen LogP contribution >= 0.6 is 0 Å². The minimum absolute atomic E-state index is 0.284. The molecule has 4 rings (SSSR count). The van der Waals surface area contributed by atoms with E-state index in [1.165, 1.54) is 18.6 Å². The Morgan fingerprint density at radius 3 is 2.84 bits per heavy atom. The van der Waals surface area contributed by atoms with Gasteiger partial charge >= 0.3 is 0 Å². The van der Waals surface area contributed by atoms with E-state index in [0.29, 0.717) is 24.4 Å². The summed E-state index contributed by atoms with van der Waals surface area (Å²) in [6.07, 6.45) is 6.78. The smallest absolute Gasteiger partial charge is 0.247 e. The fraction of sp³-hybridized carbons (Fsp3) is 0.412. The third kappa shape index (κ3) is 3.74. The van der Waals surface area contributed by atoms with E-state index in [9.17, 15) is 4.39 Å². The average molecular weight is 342 g/mol. The zero-order chi connectivity index (χ0) is 17.1. The minimum Gasteiger partial charge on any atom is -0.419 e. The quantitative estimate of drug-likeness (QED) is 0.709. The fourth-order valence-electron chi connectivity index (χ4n) is 3.22. The minimum atomic E-state index is -0.284. The van der Waals surface area contributed by atoms with Gasteiger partial charge in [-0.2, -0.15) is 5.10 Å². The maximum absolute atomic E-state index is 13.0. The first-order valence-corrected chi connectivity index (χ1v) is 8.43. The van der Waals surface area contributed by atoms with Gasteiger partial charge in [0, 0.05) is 11.6 Å². The maximum atomic E-state index is 13.0. The highest BCUT2D eigenvalue weighted by Gasteiger charge is 2.25. The second-order valence-corrected chi connectivity index (χ2v) is 6.25. The van der Waals surface area contributed by atoms with Gasteiger partial charge in [-0.25, -0.2) is 9.37 Å². The van der Waals surface area contributed by atoms with E-state index in [0.717, 1.165) is 31.5 Å². The van der Waals surface area contributed by atoms with Crippen molar-refractivity contribution in [1.29, 1.82) is 0 Å². The van der Waals surface area contributed by atoms with Crippen molar-refractivity contribution in [3.63, 3.8) is 0 Å². The molecule has 25 heavy (non-hydrogen) atoms. The molecular weight excluding hydrogens is 323 g/mol. The van der Waals surface area contributed by atoms with Crippen LogP contribution in [0.25, 0.3) is 11.5 Å². The highest BCUT2D eigenvalue weighted by atomic mass is 19.1. The Balaban J connectivity index is 1.45. The number of hydrogen-bond acceptors (Lipinski definition) is 6. The Kier molecular flexibility index (Phi) is 4.51. The summed E-state index contributed by atoms with van der Waals surface area (Å²) in [5, 5.41) is 12.4. The van der Waals surface area contributed by atoms with Crippen LogP contribution in [-0.4, -0.2) is 42.4 Å². The van der Waals surface area contributed by atoms with Crippen molar-refractivity contribution in [1.82, 2.24) is 29.9 Å². The van der Waals surface area contributed by atoms with Gasteiger partial charge in [-0.1, -0.05) is 6.42 Å². The Bertz CT molecular complexity index is 801. The highest BCUT2D eigenvalue weighted by molar-refractivity contribution is 5.51. The SMILES string of the molecule is Fc1ccc(-c2nnc(CN3CCCCC3Cn3cncn3)o2)cc1. The largest absolute Gasteiger partial charge is 0.419 e. The topological polar surface area (TPSA) is 72.9 Å². The third-order valence-corrected chi connectivity index (χ3v) is 4.51. The van der Waals surface area contributed by atoms with Gasteiger partial charge < -0.3 is 4.42 Å². The van der Waals surface area contributed by atoms with E-state index in [4.69, 9.17) is 4.42 Å². The molecule has 8 heteroatoms. The molecule has 0 bridgehead atoms. The van der Waals surface area contributed by atoms with Crippen molar-refractivity contribution in [2.45, 2.75) is 38.4 Å². The van der Waals surface area contributed by atoms with E-state index < -0.39 is 0 Å². The molecule has 0 spiro atoms. The number of nitrogens with zero attached hydrogens (tertiary/aromatic N) is 6. The van der Waals surface area contributed by atoms with E-state index in [2.05, 4.69) is 25.2 Å². The van der Waals surface area contributed by atoms with E-state index in [1.54, 1.807) is 24.8 Å². The first-order chi connectivity index (χ1) is 12.3. The number of halogens is 1. The van der Waals surface area contributed by atoms with Crippen LogP contribution in [0.2, 0.25) is 0 Å². The lowest BCUT2D eigenvalue weighted by Gasteiger charge is -2.34. The second kappa shape index (κ2) is 7.10. The summed E-state index contributed by atoms with van der Waals surface area (Å²) in [5.41, 5.74) is 0.720. The Hall–Kier alpha value is -2.61. The molecule has 1 fully saturated rings. The van der Waals surface area contributed by atoms with Crippen LogP contribution in [0.4, 0.5) is 4.39 Å². The van der Waals surface area contributed by atoms with Crippen LogP contribution in [0.3, 0.4) is 0 Å². The van der Waals surface area contributed by atoms with Crippen LogP contribution in [0.1, 0.15) is 25.2 Å². The molecule has 0 radical (unpaired) electrons. The summed E-state index contributed by atoms with van der Waals surface area (Å²) in [7, 11) is 0. The molecule has 2 aromatic heterocycles. The van der Waals surface area contributed by atoms with Crippen molar-refractivity contribution < 1.29 is 8.81 Å². The van der Waals surface area contributed by atoms with Crippen LogP contribution in [0, 0.1) is 5.82 Å². The number of piperidine rings is 1. The summed E-state index contributed by atoms with van der Waals surface area (Å²) in [4.78, 5) is 6.36. The van der Waals surface area contributed by atoms with Gasteiger partial charge in [-0.3, -0.25) is 9.58 Å². The van der Waals surface area contributed by atoms with Crippen LogP contribution in [0.5, 0.6) is 0 Å². The molecule has 1 aromatic carbocycles. The molecular formula is C17H19FN6O. The van der Waals surface area contributed by atoms with Crippen LogP contribution in [-0.2, 0) is 13.1 Å². The van der Waals surface area contributed by atoms with Crippen molar-refractivity contribution >= 4 is 0 Å². The van der Waals surface area contributed by atoms with E-state index in [1.807, 2.05) is 4.68 Å². The zero-order valence-electron chi connectivity index (χ0n) is 13.8. The van der Waals surface area contributed by atoms with Crippen LogP contribution in [0.15, 0.2) is 41.3 Å². The van der Waals surface area contributed by atoms with Gasteiger partial charge in [-0.15, -0.1) is 10.2 Å². The number of likely N-dealkylation sites (tertiary alicyclic amines) is 1. The predicted octanol–water partition coefficient (Wildman–Crippen LogP) is 2.52. The molecule has 0 aliphatic carbocycles. The Morgan fingerprint density at radius 1 is 1.16 bits per heavy atom. The van der Waals surface area contributed by atoms with Gasteiger partial charge in [0.05, 0.1) is 13.1 Å². The number of hydrogen-bond donors (Lipinski definition) is 0. The number of aromatic nitrogens is 5. The van der Waals surface area contributed by atoms with Crippen molar-refractivity contribution in [3.05, 3.63) is 48.6 Å². The third-order valence-electron chi connectivity index (χ3n) is 4.51. The molecule has 1 atom stereocenters. The summed E-state index contributed by atoms with van der Waals surface area (Å²) in [5.74, 6) is 0.706. The Morgan fingerprint density at radius 2 is 2.04 bits per heavy atom. The molecule has 1 saturated heterocycles. The standard InChI is InChI=1S/C17H19FN6O/c18-14-6-4-13(5-7-14)17-22-21-16(25-17)10-23-8-2-1-3-15(23)9-24-12-19-11-20-24/h4-7,11-12,15H,1-3,8-10H2. The van der Waals surface area contributed by atoms with Crippen molar-refractivity contribution in [2.75, 3.05) is 6.54 Å². The lowest BCUT2D eigenvalue weighted by molar-refractivity contribution is 0.111. The van der Waals surface area contributed by atoms with Crippen molar-refractivity contribution in [2.24, 2.45) is 0 Å². The number of rotatable bonds is 5. The van der Waals surface area contributed by atoms with Gasteiger partial charge in [0.1, 0.15) is 18.5 Å². The summed E-state index contributed by atoms with van der Waals surface area (Å²) in [6, 6.07) is 6.43. The van der Waals surface area contributed by atoms with Crippen LogP contribution < -0.4 is 0 Å². The summed E-state index contributed by atoms with van der Waals surface area (Å²) >= 11 is 0. The first kappa shape index (κ1) is 15.9. The molecule has 1 unspecified atom stereocenters. The van der Waals surface area contributed by atoms with E-state index >= 15 is 0 Å². The van der Waals surface area contributed by atoms with Gasteiger partial charge in [0.25, 0.3) is 0 Å². The number of benzene rings is 1. The molecule has 130 valence electrons. The van der Waals surface area contributed by atoms with Gasteiger partial charge in [0.2, 0.25) is 11.8 Å². The first-order valence-electron chi connectivity index (χ1n) is 8.43. The predicted molar refractivity (Wildman–Crippen MR) is 87.8 cm³/mol. The monoisotopic (exact) mass is 342 g/mol. The van der Waals surface area contributed by atoms with Gasteiger partial charge in [0.15, 0.2) is 0 Å². The van der Waals surface area contributed by atoms with Crippen molar-refractivity contribution in [3.8, 4) is 11.5 Å². The lowest BCUT2D eigenvalue weighted by Crippen LogP contribution is -2.41. The molecule has 1 aliphatic rings. The molecule has 3 aromatic rings. The van der Waals surface area contributed by atoms with E-state index in [-0.39, 0.29) is 5.82 Å². The summed E-state index contributed by atoms with van der Waals surface area (Å²) in [6.45, 7) is 2.40. The zero-order valence-corrected chi connectivity index (χ0v) is 13.8. The highest BCUT2D eigenvalue weighted by Crippen LogP contribution is 2.23. The lowest BCUT2D eigenvalue weighted by atomic mass is 10.0. The average Bonchev–Trinajstić information content (AvgIpc) is 3.29. The molecule has 3 heterocycles. The Labute approximate surface area is 144 Å². The maximum Gasteiger partial charge on any atom is 0.247 e. The fourth-order valence-corrected chi connectivity index (χ4v) is 3.22.